The Balaban J connectivity index is 1.72. The lowest BCUT2D eigenvalue weighted by Gasteiger charge is -2.34. The molecule has 1 aliphatic heterocycles. The average molecular weight is 415 g/mol. The third kappa shape index (κ3) is 6.14. The van der Waals surface area contributed by atoms with Crippen molar-refractivity contribution in [2.75, 3.05) is 19.6 Å². The first-order valence-corrected chi connectivity index (χ1v) is 11.2. The first kappa shape index (κ1) is 22.5. The third-order valence-electron chi connectivity index (χ3n) is 6.34. The van der Waals surface area contributed by atoms with E-state index in [1.54, 1.807) is 11.8 Å². The summed E-state index contributed by atoms with van der Waals surface area (Å²) >= 11 is 0. The SMILES string of the molecule is CC(=O)C(C)CC(=O)N1CC(=O)N(C2CCCCC2)CC(OCc2ccccc2)C1. The van der Waals surface area contributed by atoms with Gasteiger partial charge in [-0.05, 0) is 25.3 Å². The largest absolute Gasteiger partial charge is 0.370 e. The lowest BCUT2D eigenvalue weighted by atomic mass is 9.94. The normalized spacial score (nSPS) is 21.9. The van der Waals surface area contributed by atoms with Crippen molar-refractivity contribution >= 4 is 17.6 Å². The van der Waals surface area contributed by atoms with Gasteiger partial charge in [0, 0.05) is 31.5 Å². The molecule has 0 spiro atoms. The van der Waals surface area contributed by atoms with Gasteiger partial charge in [0.15, 0.2) is 0 Å². The molecule has 2 aliphatic rings. The predicted octanol–water partition coefficient (Wildman–Crippen LogP) is 3.19. The van der Waals surface area contributed by atoms with E-state index in [-0.39, 0.29) is 48.6 Å². The van der Waals surface area contributed by atoms with Crippen molar-refractivity contribution < 1.29 is 19.1 Å². The first-order chi connectivity index (χ1) is 14.4. The summed E-state index contributed by atoms with van der Waals surface area (Å²) in [4.78, 5) is 41.1. The minimum Gasteiger partial charge on any atom is -0.370 e. The van der Waals surface area contributed by atoms with Gasteiger partial charge in [0.05, 0.1) is 19.3 Å². The number of amides is 2. The number of hydrogen-bond donors (Lipinski definition) is 0. The number of carbonyl (C=O) groups is 3. The van der Waals surface area contributed by atoms with Crippen LogP contribution < -0.4 is 0 Å². The second-order valence-electron chi connectivity index (χ2n) is 8.75. The van der Waals surface area contributed by atoms with Crippen LogP contribution in [0.2, 0.25) is 0 Å². The standard InChI is InChI=1S/C24H34N2O4/c1-18(19(2)27)13-23(28)25-14-22(30-17-20-9-5-3-6-10-20)15-26(24(29)16-25)21-11-7-4-8-12-21/h3,5-6,9-10,18,21-22H,4,7-8,11-17H2,1-2H3. The molecule has 1 aromatic rings. The number of ether oxygens (including phenoxy) is 1. The van der Waals surface area contributed by atoms with Gasteiger partial charge < -0.3 is 14.5 Å². The fourth-order valence-corrected chi connectivity index (χ4v) is 4.31. The topological polar surface area (TPSA) is 66.9 Å². The minimum atomic E-state index is -0.339. The average Bonchev–Trinajstić information content (AvgIpc) is 2.92. The molecular formula is C24H34N2O4. The summed E-state index contributed by atoms with van der Waals surface area (Å²) < 4.78 is 6.20. The Bertz CT molecular complexity index is 730. The monoisotopic (exact) mass is 414 g/mol. The second-order valence-corrected chi connectivity index (χ2v) is 8.75. The number of ketones is 1. The molecule has 1 heterocycles. The summed E-state index contributed by atoms with van der Waals surface area (Å²) in [5.74, 6) is -0.499. The van der Waals surface area contributed by atoms with Gasteiger partial charge in [0.1, 0.15) is 5.78 Å². The van der Waals surface area contributed by atoms with Crippen LogP contribution in [0.4, 0.5) is 0 Å². The molecule has 1 aromatic carbocycles. The molecule has 6 heteroatoms. The number of benzene rings is 1. The van der Waals surface area contributed by atoms with E-state index in [0.29, 0.717) is 19.7 Å². The van der Waals surface area contributed by atoms with E-state index in [1.807, 2.05) is 35.2 Å². The first-order valence-electron chi connectivity index (χ1n) is 11.2. The van der Waals surface area contributed by atoms with Crippen LogP contribution in [0.15, 0.2) is 30.3 Å². The number of Topliss-reactive ketones (excluding diaryl/α,β-unsaturated/α-hetero) is 1. The molecule has 30 heavy (non-hydrogen) atoms. The Kier molecular flexibility index (Phi) is 8.02. The molecule has 2 fully saturated rings. The summed E-state index contributed by atoms with van der Waals surface area (Å²) in [7, 11) is 0. The zero-order chi connectivity index (χ0) is 21.5. The van der Waals surface area contributed by atoms with E-state index < -0.39 is 0 Å². The van der Waals surface area contributed by atoms with Crippen LogP contribution in [-0.4, -0.2) is 59.2 Å². The zero-order valence-electron chi connectivity index (χ0n) is 18.2. The van der Waals surface area contributed by atoms with Crippen LogP contribution in [0.1, 0.15) is 57.9 Å². The summed E-state index contributed by atoms with van der Waals surface area (Å²) in [5.41, 5.74) is 1.07. The summed E-state index contributed by atoms with van der Waals surface area (Å²) in [5, 5.41) is 0. The van der Waals surface area contributed by atoms with Gasteiger partial charge in [-0.1, -0.05) is 56.5 Å². The molecule has 1 saturated heterocycles. The molecule has 2 atom stereocenters. The highest BCUT2D eigenvalue weighted by Gasteiger charge is 2.35. The van der Waals surface area contributed by atoms with E-state index in [4.69, 9.17) is 4.74 Å². The van der Waals surface area contributed by atoms with Gasteiger partial charge in [-0.25, -0.2) is 0 Å². The van der Waals surface area contributed by atoms with Gasteiger partial charge in [-0.2, -0.15) is 0 Å². The fourth-order valence-electron chi connectivity index (χ4n) is 4.31. The Morgan fingerprint density at radius 1 is 1.10 bits per heavy atom. The van der Waals surface area contributed by atoms with Crippen LogP contribution in [-0.2, 0) is 25.7 Å². The van der Waals surface area contributed by atoms with Crippen molar-refractivity contribution in [1.29, 1.82) is 0 Å². The highest BCUT2D eigenvalue weighted by Crippen LogP contribution is 2.25. The second kappa shape index (κ2) is 10.7. The molecule has 0 bridgehead atoms. The van der Waals surface area contributed by atoms with Crippen molar-refractivity contribution in [2.24, 2.45) is 5.92 Å². The molecule has 2 unspecified atom stereocenters. The van der Waals surface area contributed by atoms with Gasteiger partial charge >= 0.3 is 0 Å². The van der Waals surface area contributed by atoms with Gasteiger partial charge in [-0.15, -0.1) is 0 Å². The van der Waals surface area contributed by atoms with Crippen molar-refractivity contribution in [3.05, 3.63) is 35.9 Å². The van der Waals surface area contributed by atoms with E-state index in [2.05, 4.69) is 0 Å². The number of hydrogen-bond acceptors (Lipinski definition) is 4. The quantitative estimate of drug-likeness (QED) is 0.687. The van der Waals surface area contributed by atoms with Crippen molar-refractivity contribution in [3.63, 3.8) is 0 Å². The molecule has 2 amide bonds. The van der Waals surface area contributed by atoms with Crippen molar-refractivity contribution in [1.82, 2.24) is 9.80 Å². The number of nitrogens with zero attached hydrogens (tertiary/aromatic N) is 2. The van der Waals surface area contributed by atoms with Gasteiger partial charge in [-0.3, -0.25) is 14.4 Å². The molecule has 3 rings (SSSR count). The van der Waals surface area contributed by atoms with E-state index in [1.165, 1.54) is 13.3 Å². The Morgan fingerprint density at radius 3 is 2.47 bits per heavy atom. The van der Waals surface area contributed by atoms with Crippen molar-refractivity contribution in [2.45, 2.75) is 71.1 Å². The van der Waals surface area contributed by atoms with Crippen molar-refractivity contribution in [3.8, 4) is 0 Å². The lowest BCUT2D eigenvalue weighted by molar-refractivity contribution is -0.141. The lowest BCUT2D eigenvalue weighted by Crippen LogP contribution is -2.46. The molecule has 0 aromatic heterocycles. The predicted molar refractivity (Wildman–Crippen MR) is 115 cm³/mol. The van der Waals surface area contributed by atoms with E-state index in [0.717, 1.165) is 31.2 Å². The minimum absolute atomic E-state index is 0.00320. The molecular weight excluding hydrogens is 380 g/mol. The Labute approximate surface area is 179 Å². The van der Waals surface area contributed by atoms with Crippen LogP contribution in [0.5, 0.6) is 0 Å². The highest BCUT2D eigenvalue weighted by molar-refractivity contribution is 5.88. The fraction of sp³-hybridized carbons (Fsp3) is 0.625. The van der Waals surface area contributed by atoms with Crippen LogP contribution >= 0.6 is 0 Å². The maximum atomic E-state index is 13.1. The van der Waals surface area contributed by atoms with Crippen LogP contribution in [0.3, 0.4) is 0 Å². The summed E-state index contributed by atoms with van der Waals surface area (Å²) in [6, 6.07) is 10.2. The van der Waals surface area contributed by atoms with Gasteiger partial charge in [0.25, 0.3) is 0 Å². The molecule has 164 valence electrons. The summed E-state index contributed by atoms with van der Waals surface area (Å²) in [6.45, 7) is 4.68. The maximum Gasteiger partial charge on any atom is 0.242 e. The summed E-state index contributed by atoms with van der Waals surface area (Å²) in [6.07, 6.45) is 5.44. The van der Waals surface area contributed by atoms with Crippen LogP contribution in [0.25, 0.3) is 0 Å². The zero-order valence-corrected chi connectivity index (χ0v) is 18.2. The third-order valence-corrected chi connectivity index (χ3v) is 6.34. The highest BCUT2D eigenvalue weighted by atomic mass is 16.5. The maximum absolute atomic E-state index is 13.1. The smallest absolute Gasteiger partial charge is 0.242 e. The number of carbonyl (C=O) groups excluding carboxylic acids is 3. The Morgan fingerprint density at radius 2 is 1.80 bits per heavy atom. The molecule has 1 saturated carbocycles. The van der Waals surface area contributed by atoms with E-state index in [9.17, 15) is 14.4 Å². The molecule has 0 N–H and O–H groups in total. The van der Waals surface area contributed by atoms with Crippen LogP contribution in [0, 0.1) is 5.92 Å². The molecule has 6 nitrogen and oxygen atoms in total. The molecule has 0 radical (unpaired) electrons. The molecule has 1 aliphatic carbocycles. The van der Waals surface area contributed by atoms with E-state index >= 15 is 0 Å². The van der Waals surface area contributed by atoms with Gasteiger partial charge in [0.2, 0.25) is 11.8 Å². The number of rotatable bonds is 7. The Hall–Kier alpha value is -2.21.